The van der Waals surface area contributed by atoms with Gasteiger partial charge < -0.3 is 10.2 Å². The highest BCUT2D eigenvalue weighted by Crippen LogP contribution is 2.09. The van der Waals surface area contributed by atoms with Gasteiger partial charge in [0.2, 0.25) is 12.3 Å². The van der Waals surface area contributed by atoms with Crippen molar-refractivity contribution in [3.8, 4) is 0 Å². The van der Waals surface area contributed by atoms with Gasteiger partial charge in [0.15, 0.2) is 0 Å². The molecule has 1 aliphatic rings. The predicted molar refractivity (Wildman–Crippen MR) is 67.9 cm³/mol. The molecule has 0 aliphatic carbocycles. The first kappa shape index (κ1) is 14.7. The Kier molecular flexibility index (Phi) is 5.82. The quantitative estimate of drug-likeness (QED) is 0.711. The molecule has 18 heavy (non-hydrogen) atoms. The summed E-state index contributed by atoms with van der Waals surface area (Å²) in [6.45, 7) is 5.07. The van der Waals surface area contributed by atoms with Crippen molar-refractivity contribution in [2.24, 2.45) is 5.92 Å². The summed E-state index contributed by atoms with van der Waals surface area (Å²) in [4.78, 5) is 35.3. The smallest absolute Gasteiger partial charge is 0.220 e. The van der Waals surface area contributed by atoms with Crippen LogP contribution >= 0.6 is 0 Å². The van der Waals surface area contributed by atoms with Gasteiger partial charge in [-0.1, -0.05) is 13.8 Å². The lowest BCUT2D eigenvalue weighted by atomic mass is 10.0. The van der Waals surface area contributed by atoms with E-state index in [1.54, 1.807) is 4.90 Å². The number of carbonyl (C=O) groups excluding carboxylic acids is 3. The first-order valence-electron chi connectivity index (χ1n) is 6.54. The Bertz CT molecular complexity index is 307. The predicted octanol–water partition coefficient (Wildman–Crippen LogP) is 0.729. The maximum Gasteiger partial charge on any atom is 0.220 e. The van der Waals surface area contributed by atoms with Crippen molar-refractivity contribution < 1.29 is 14.4 Å². The molecule has 102 valence electrons. The van der Waals surface area contributed by atoms with Crippen LogP contribution < -0.4 is 5.32 Å². The number of piperidine rings is 1. The zero-order chi connectivity index (χ0) is 13.5. The van der Waals surface area contributed by atoms with Crippen LogP contribution in [0.25, 0.3) is 0 Å². The number of nitrogens with zero attached hydrogens (tertiary/aromatic N) is 1. The summed E-state index contributed by atoms with van der Waals surface area (Å²) in [6.07, 6.45) is 3.02. The third-order valence-electron chi connectivity index (χ3n) is 3.29. The fourth-order valence-corrected chi connectivity index (χ4v) is 1.97. The Hall–Kier alpha value is -1.39. The first-order valence-corrected chi connectivity index (χ1v) is 6.54. The number of rotatable bonds is 6. The molecule has 1 rings (SSSR count). The minimum absolute atomic E-state index is 0.00590. The highest BCUT2D eigenvalue weighted by molar-refractivity contribution is 5.86. The molecular formula is C13H22N2O3. The molecule has 5 nitrogen and oxygen atoms in total. The van der Waals surface area contributed by atoms with E-state index >= 15 is 0 Å². The van der Waals surface area contributed by atoms with Crippen LogP contribution in [0.4, 0.5) is 0 Å². The molecule has 0 saturated carbocycles. The fraction of sp³-hybridized carbons (Fsp3) is 0.769. The molecule has 0 spiro atoms. The van der Waals surface area contributed by atoms with E-state index in [0.717, 1.165) is 19.3 Å². The van der Waals surface area contributed by atoms with E-state index in [4.69, 9.17) is 0 Å². The van der Waals surface area contributed by atoms with Crippen LogP contribution in [0.1, 0.15) is 39.5 Å². The molecule has 2 amide bonds. The van der Waals surface area contributed by atoms with Crippen molar-refractivity contribution in [3.05, 3.63) is 0 Å². The van der Waals surface area contributed by atoms with Gasteiger partial charge in [-0.25, -0.2) is 0 Å². The van der Waals surface area contributed by atoms with Gasteiger partial charge in [-0.3, -0.25) is 14.4 Å². The number of nitrogens with one attached hydrogen (secondary N) is 1. The van der Waals surface area contributed by atoms with Crippen LogP contribution in [0.15, 0.2) is 0 Å². The Morgan fingerprint density at radius 1 is 1.28 bits per heavy atom. The molecule has 0 bridgehead atoms. The number of hydrogen-bond acceptors (Lipinski definition) is 3. The van der Waals surface area contributed by atoms with E-state index in [9.17, 15) is 14.4 Å². The van der Waals surface area contributed by atoms with Gasteiger partial charge in [-0.15, -0.1) is 0 Å². The lowest BCUT2D eigenvalue weighted by Crippen LogP contribution is -2.44. The molecule has 1 heterocycles. The summed E-state index contributed by atoms with van der Waals surface area (Å²) in [5.41, 5.74) is 0. The van der Waals surface area contributed by atoms with Gasteiger partial charge in [0.1, 0.15) is 5.78 Å². The average Bonchev–Trinajstić information content (AvgIpc) is 2.36. The van der Waals surface area contributed by atoms with Gasteiger partial charge in [-0.05, 0) is 12.8 Å². The van der Waals surface area contributed by atoms with E-state index in [2.05, 4.69) is 5.32 Å². The molecule has 0 aromatic carbocycles. The van der Waals surface area contributed by atoms with Crippen LogP contribution in [0.3, 0.4) is 0 Å². The largest absolute Gasteiger partial charge is 0.353 e. The van der Waals surface area contributed by atoms with Gasteiger partial charge in [0, 0.05) is 37.9 Å². The summed E-state index contributed by atoms with van der Waals surface area (Å²) < 4.78 is 0. The minimum atomic E-state index is -0.0615. The normalized spacial score (nSPS) is 16.7. The zero-order valence-electron chi connectivity index (χ0n) is 11.1. The second-order valence-electron chi connectivity index (χ2n) is 5.10. The summed E-state index contributed by atoms with van der Waals surface area (Å²) in [5, 5.41) is 2.92. The molecule has 0 aromatic rings. The van der Waals surface area contributed by atoms with Gasteiger partial charge in [-0.2, -0.15) is 0 Å². The van der Waals surface area contributed by atoms with Crippen molar-refractivity contribution in [1.29, 1.82) is 0 Å². The van der Waals surface area contributed by atoms with E-state index < -0.39 is 0 Å². The summed E-state index contributed by atoms with van der Waals surface area (Å²) in [6, 6.07) is 0.142. The van der Waals surface area contributed by atoms with E-state index in [0.29, 0.717) is 19.5 Å². The summed E-state index contributed by atoms with van der Waals surface area (Å²) in [7, 11) is 0. The molecule has 0 aromatic heterocycles. The van der Waals surface area contributed by atoms with Crippen molar-refractivity contribution in [3.63, 3.8) is 0 Å². The zero-order valence-corrected chi connectivity index (χ0v) is 11.1. The first-order chi connectivity index (χ1) is 8.52. The Morgan fingerprint density at radius 2 is 1.89 bits per heavy atom. The Balaban J connectivity index is 2.21. The number of likely N-dealkylation sites (tertiary alicyclic amines) is 1. The van der Waals surface area contributed by atoms with Crippen molar-refractivity contribution in [2.45, 2.75) is 45.6 Å². The van der Waals surface area contributed by atoms with Gasteiger partial charge in [0.05, 0.1) is 0 Å². The summed E-state index contributed by atoms with van der Waals surface area (Å²) >= 11 is 0. The van der Waals surface area contributed by atoms with Crippen molar-refractivity contribution in [1.82, 2.24) is 10.2 Å². The van der Waals surface area contributed by atoms with Gasteiger partial charge in [0.25, 0.3) is 0 Å². The SMILES string of the molecule is CC(C)C(=O)CCC(=O)NC1CCN(C=O)CC1. The molecular weight excluding hydrogens is 232 g/mol. The maximum atomic E-state index is 11.6. The number of Topliss-reactive ketones (excluding diaryl/α,β-unsaturated/α-hetero) is 1. The second kappa shape index (κ2) is 7.13. The lowest BCUT2D eigenvalue weighted by molar-refractivity contribution is -0.127. The molecule has 0 atom stereocenters. The molecule has 1 fully saturated rings. The van der Waals surface area contributed by atoms with Crippen LogP contribution in [0.2, 0.25) is 0 Å². The van der Waals surface area contributed by atoms with Crippen LogP contribution in [-0.4, -0.2) is 42.1 Å². The van der Waals surface area contributed by atoms with Crippen LogP contribution in [-0.2, 0) is 14.4 Å². The highest BCUT2D eigenvalue weighted by atomic mass is 16.2. The molecule has 1 aliphatic heterocycles. The minimum Gasteiger partial charge on any atom is -0.353 e. The number of carbonyl (C=O) groups is 3. The molecule has 1 saturated heterocycles. The highest BCUT2D eigenvalue weighted by Gasteiger charge is 2.20. The monoisotopic (exact) mass is 254 g/mol. The molecule has 0 unspecified atom stereocenters. The van der Waals surface area contributed by atoms with Crippen LogP contribution in [0.5, 0.6) is 0 Å². The topological polar surface area (TPSA) is 66.5 Å². The third kappa shape index (κ3) is 4.85. The van der Waals surface area contributed by atoms with Crippen LogP contribution in [0, 0.1) is 5.92 Å². The van der Waals surface area contributed by atoms with E-state index in [-0.39, 0.29) is 30.1 Å². The van der Waals surface area contributed by atoms with E-state index in [1.165, 1.54) is 0 Å². The van der Waals surface area contributed by atoms with E-state index in [1.807, 2.05) is 13.8 Å². The second-order valence-corrected chi connectivity index (χ2v) is 5.10. The number of amides is 2. The lowest BCUT2D eigenvalue weighted by Gasteiger charge is -2.29. The average molecular weight is 254 g/mol. The number of hydrogen-bond donors (Lipinski definition) is 1. The van der Waals surface area contributed by atoms with Gasteiger partial charge >= 0.3 is 0 Å². The van der Waals surface area contributed by atoms with Crippen molar-refractivity contribution >= 4 is 18.1 Å². The molecule has 1 N–H and O–H groups in total. The van der Waals surface area contributed by atoms with Crippen molar-refractivity contribution in [2.75, 3.05) is 13.1 Å². The maximum absolute atomic E-state index is 11.6. The fourth-order valence-electron chi connectivity index (χ4n) is 1.97. The number of ketones is 1. The standard InChI is InChI=1S/C13H22N2O3/c1-10(2)12(17)3-4-13(18)14-11-5-7-15(9-16)8-6-11/h9-11H,3-8H2,1-2H3,(H,14,18). The molecule has 5 heteroatoms. The Labute approximate surface area is 108 Å². The summed E-state index contributed by atoms with van der Waals surface area (Å²) in [5.74, 6) is 0.0584. The third-order valence-corrected chi connectivity index (χ3v) is 3.29. The molecule has 0 radical (unpaired) electrons. The Morgan fingerprint density at radius 3 is 2.39 bits per heavy atom.